The third-order valence-electron chi connectivity index (χ3n) is 5.39. The second-order valence-electron chi connectivity index (χ2n) is 7.81. The molecule has 0 atom stereocenters. The maximum absolute atomic E-state index is 10.8. The van der Waals surface area contributed by atoms with Crippen LogP contribution in [0.15, 0.2) is 54.6 Å². The number of carboxylic acid groups (broad SMARTS) is 2. The van der Waals surface area contributed by atoms with Crippen molar-refractivity contribution in [3.05, 3.63) is 80.7 Å². The summed E-state index contributed by atoms with van der Waals surface area (Å²) in [6.07, 6.45) is 3.34. The van der Waals surface area contributed by atoms with Gasteiger partial charge in [0, 0.05) is 40.8 Å². The van der Waals surface area contributed by atoms with Crippen molar-refractivity contribution in [1.29, 1.82) is 0 Å². The Morgan fingerprint density at radius 3 is 2.18 bits per heavy atom. The Labute approximate surface area is 194 Å². The molecule has 0 radical (unpaired) electrons. The zero-order valence-corrected chi connectivity index (χ0v) is 19.0. The molecule has 0 bridgehead atoms. The van der Waals surface area contributed by atoms with Crippen LogP contribution < -0.4 is 0 Å². The summed E-state index contributed by atoms with van der Waals surface area (Å²) in [4.78, 5) is 35.1. The molecule has 8 nitrogen and oxygen atoms in total. The molecular formula is C24H24N2O6S. The van der Waals surface area contributed by atoms with Gasteiger partial charge in [0.1, 0.15) is 0 Å². The zero-order chi connectivity index (χ0) is 24.1. The molecule has 172 valence electrons. The lowest BCUT2D eigenvalue weighted by molar-refractivity contribution is -0.384. The van der Waals surface area contributed by atoms with Gasteiger partial charge >= 0.3 is 11.9 Å². The van der Waals surface area contributed by atoms with Crippen LogP contribution in [-0.4, -0.2) is 51.1 Å². The van der Waals surface area contributed by atoms with Crippen molar-refractivity contribution in [1.82, 2.24) is 4.90 Å². The van der Waals surface area contributed by atoms with Gasteiger partial charge in [0.2, 0.25) is 0 Å². The normalized spacial score (nSPS) is 13.8. The number of aromatic carboxylic acids is 2. The molecule has 2 aromatic carbocycles. The second-order valence-corrected chi connectivity index (χ2v) is 8.90. The Morgan fingerprint density at radius 1 is 1.06 bits per heavy atom. The van der Waals surface area contributed by atoms with E-state index in [0.717, 1.165) is 29.6 Å². The molecule has 1 aromatic heterocycles. The predicted molar refractivity (Wildman–Crippen MR) is 128 cm³/mol. The highest BCUT2D eigenvalue weighted by atomic mass is 32.1. The molecule has 2 N–H and O–H groups in total. The predicted octanol–water partition coefficient (Wildman–Crippen LogP) is 5.39. The van der Waals surface area contributed by atoms with E-state index in [1.165, 1.54) is 34.7 Å². The van der Waals surface area contributed by atoms with E-state index in [1.807, 2.05) is 6.07 Å². The molecule has 0 saturated carbocycles. The number of carbonyl (C=O) groups is 2. The van der Waals surface area contributed by atoms with Gasteiger partial charge < -0.3 is 10.2 Å². The standard InChI is InChI=1S/C16H18N2O2S.C8H6O4/c1-11(2)17-7-5-12(6-8-17)16-10-13-9-14(18(19)20)3-4-15(13)21-16;9-7(10)5-3-1-2-4-6(5)8(11)12/h3-5,9-11H,6-8H2,1-2H3;1-4H,(H,9,10)(H,11,12). The summed E-state index contributed by atoms with van der Waals surface area (Å²) < 4.78 is 1.11. The average Bonchev–Trinajstić information content (AvgIpc) is 3.23. The minimum absolute atomic E-state index is 0.162. The Kier molecular flexibility index (Phi) is 7.57. The van der Waals surface area contributed by atoms with Gasteiger partial charge in [0.05, 0.1) is 16.1 Å². The third kappa shape index (κ3) is 5.82. The highest BCUT2D eigenvalue weighted by molar-refractivity contribution is 7.20. The van der Waals surface area contributed by atoms with E-state index in [-0.39, 0.29) is 21.7 Å². The van der Waals surface area contributed by atoms with Crippen molar-refractivity contribution >= 4 is 44.6 Å². The number of rotatable bonds is 5. The number of thiophene rings is 1. The van der Waals surface area contributed by atoms with Crippen molar-refractivity contribution in [3.8, 4) is 0 Å². The third-order valence-corrected chi connectivity index (χ3v) is 6.58. The fraction of sp³-hybridized carbons (Fsp3) is 0.250. The summed E-state index contributed by atoms with van der Waals surface area (Å²) in [7, 11) is 0. The molecule has 0 saturated heterocycles. The van der Waals surface area contributed by atoms with Gasteiger partial charge in [-0.05, 0) is 55.5 Å². The van der Waals surface area contributed by atoms with Crippen LogP contribution in [0.1, 0.15) is 45.9 Å². The number of non-ortho nitro benzene ring substituents is 1. The lowest BCUT2D eigenvalue weighted by Crippen LogP contribution is -2.34. The number of nitro benzene ring substituents is 1. The Balaban J connectivity index is 0.000000218. The SMILES string of the molecule is CC(C)N1CC=C(c2cc3cc([N+](=O)[O-])ccc3s2)CC1.O=C(O)c1ccccc1C(=O)O. The lowest BCUT2D eigenvalue weighted by Gasteiger charge is -2.29. The van der Waals surface area contributed by atoms with E-state index in [0.29, 0.717) is 6.04 Å². The van der Waals surface area contributed by atoms with Crippen molar-refractivity contribution in [2.24, 2.45) is 0 Å². The van der Waals surface area contributed by atoms with Crippen LogP contribution in [0, 0.1) is 10.1 Å². The molecule has 0 fully saturated rings. The first-order chi connectivity index (χ1) is 15.7. The summed E-state index contributed by atoms with van der Waals surface area (Å²) in [5.74, 6) is -2.46. The molecule has 33 heavy (non-hydrogen) atoms. The van der Waals surface area contributed by atoms with Crippen LogP contribution in [0.4, 0.5) is 5.69 Å². The van der Waals surface area contributed by atoms with Gasteiger partial charge in [-0.25, -0.2) is 9.59 Å². The van der Waals surface area contributed by atoms with Gasteiger partial charge in [0.15, 0.2) is 0 Å². The number of benzene rings is 2. The average molecular weight is 469 g/mol. The number of nitro groups is 1. The fourth-order valence-electron chi connectivity index (χ4n) is 3.54. The topological polar surface area (TPSA) is 121 Å². The lowest BCUT2D eigenvalue weighted by atomic mass is 10.0. The Hall–Kier alpha value is -3.56. The van der Waals surface area contributed by atoms with Crippen LogP contribution in [0.3, 0.4) is 0 Å². The second kappa shape index (κ2) is 10.4. The van der Waals surface area contributed by atoms with Crippen LogP contribution in [0.5, 0.6) is 0 Å². The van der Waals surface area contributed by atoms with E-state index >= 15 is 0 Å². The van der Waals surface area contributed by atoms with Gasteiger partial charge in [-0.1, -0.05) is 18.2 Å². The Morgan fingerprint density at radius 2 is 1.70 bits per heavy atom. The number of nitrogens with zero attached hydrogens (tertiary/aromatic N) is 2. The molecule has 1 aliphatic heterocycles. The van der Waals surface area contributed by atoms with E-state index in [2.05, 4.69) is 30.9 Å². The molecule has 3 aromatic rings. The Bertz CT molecular complexity index is 1200. The fourth-order valence-corrected chi connectivity index (χ4v) is 4.65. The molecule has 1 aliphatic rings. The van der Waals surface area contributed by atoms with Crippen LogP contribution in [0.2, 0.25) is 0 Å². The maximum Gasteiger partial charge on any atom is 0.336 e. The molecule has 0 spiro atoms. The van der Waals surface area contributed by atoms with E-state index in [4.69, 9.17) is 10.2 Å². The number of carboxylic acids is 2. The van der Waals surface area contributed by atoms with Crippen molar-refractivity contribution in [2.45, 2.75) is 26.3 Å². The molecule has 2 heterocycles. The molecule has 0 unspecified atom stereocenters. The maximum atomic E-state index is 10.8. The van der Waals surface area contributed by atoms with E-state index in [9.17, 15) is 19.7 Å². The first kappa shape index (κ1) is 24.1. The van der Waals surface area contributed by atoms with Crippen LogP contribution >= 0.6 is 11.3 Å². The highest BCUT2D eigenvalue weighted by Gasteiger charge is 2.17. The summed E-state index contributed by atoms with van der Waals surface area (Å²) in [5, 5.41) is 28.9. The van der Waals surface area contributed by atoms with Crippen LogP contribution in [0.25, 0.3) is 15.7 Å². The van der Waals surface area contributed by atoms with Gasteiger partial charge in [-0.3, -0.25) is 15.0 Å². The first-order valence-electron chi connectivity index (χ1n) is 10.3. The molecular weight excluding hydrogens is 444 g/mol. The summed E-state index contributed by atoms with van der Waals surface area (Å²) in [6, 6.07) is 13.2. The summed E-state index contributed by atoms with van der Waals surface area (Å²) >= 11 is 1.72. The monoisotopic (exact) mass is 468 g/mol. The number of hydrogen-bond acceptors (Lipinski definition) is 6. The van der Waals surface area contributed by atoms with Gasteiger partial charge in [0.25, 0.3) is 5.69 Å². The van der Waals surface area contributed by atoms with Crippen molar-refractivity contribution in [3.63, 3.8) is 0 Å². The number of fused-ring (bicyclic) bond motifs is 1. The highest BCUT2D eigenvalue weighted by Crippen LogP contribution is 2.35. The summed E-state index contributed by atoms with van der Waals surface area (Å²) in [6.45, 7) is 6.51. The minimum Gasteiger partial charge on any atom is -0.478 e. The van der Waals surface area contributed by atoms with Gasteiger partial charge in [-0.2, -0.15) is 0 Å². The molecule has 0 aliphatic carbocycles. The van der Waals surface area contributed by atoms with Crippen molar-refractivity contribution in [2.75, 3.05) is 13.1 Å². The minimum atomic E-state index is -1.23. The van der Waals surface area contributed by atoms with E-state index < -0.39 is 11.9 Å². The van der Waals surface area contributed by atoms with Crippen molar-refractivity contribution < 1.29 is 24.7 Å². The van der Waals surface area contributed by atoms with Crippen LogP contribution in [-0.2, 0) is 0 Å². The smallest absolute Gasteiger partial charge is 0.336 e. The molecule has 9 heteroatoms. The largest absolute Gasteiger partial charge is 0.478 e. The van der Waals surface area contributed by atoms with Gasteiger partial charge in [-0.15, -0.1) is 11.3 Å². The molecule has 4 rings (SSSR count). The quantitative estimate of drug-likeness (QED) is 0.380. The summed E-state index contributed by atoms with van der Waals surface area (Å²) in [5.41, 5.74) is 1.15. The molecule has 0 amide bonds. The first-order valence-corrected chi connectivity index (χ1v) is 11.2. The zero-order valence-electron chi connectivity index (χ0n) is 18.2. The van der Waals surface area contributed by atoms with E-state index in [1.54, 1.807) is 23.5 Å². The number of hydrogen-bond donors (Lipinski definition) is 2.